The van der Waals surface area contributed by atoms with E-state index >= 15 is 0 Å². The number of amides is 2. The number of ether oxygens (including phenoxy) is 2. The molecule has 6 nitrogen and oxygen atoms in total. The molecule has 2 heterocycles. The van der Waals surface area contributed by atoms with Crippen molar-refractivity contribution >= 4 is 17.9 Å². The third-order valence-corrected chi connectivity index (χ3v) is 5.70. The van der Waals surface area contributed by atoms with Gasteiger partial charge in [0, 0.05) is 37.2 Å². The summed E-state index contributed by atoms with van der Waals surface area (Å²) in [7, 11) is 0. The van der Waals surface area contributed by atoms with E-state index in [9.17, 15) is 9.59 Å². The maximum atomic E-state index is 12.9. The summed E-state index contributed by atoms with van der Waals surface area (Å²) in [6.07, 6.45) is 4.85. The summed E-state index contributed by atoms with van der Waals surface area (Å²) in [5.41, 5.74) is 4.02. The van der Waals surface area contributed by atoms with Crippen LogP contribution in [0.25, 0.3) is 6.08 Å². The second-order valence-electron chi connectivity index (χ2n) is 8.00. The average Bonchev–Trinajstić information content (AvgIpc) is 3.11. The number of hydrogen-bond donors (Lipinski definition) is 1. The third-order valence-electron chi connectivity index (χ3n) is 5.70. The van der Waals surface area contributed by atoms with Crippen LogP contribution in [0.15, 0.2) is 42.6 Å². The Hall–Kier alpha value is -3.28. The molecule has 0 saturated heterocycles. The van der Waals surface area contributed by atoms with Crippen LogP contribution in [0, 0.1) is 0 Å². The minimum Gasteiger partial charge on any atom is -0.494 e. The van der Waals surface area contributed by atoms with Crippen molar-refractivity contribution in [2.75, 3.05) is 6.61 Å². The van der Waals surface area contributed by atoms with Crippen LogP contribution < -0.4 is 14.8 Å². The van der Waals surface area contributed by atoms with Gasteiger partial charge in [0.25, 0.3) is 0 Å². The van der Waals surface area contributed by atoms with Crippen molar-refractivity contribution in [3.8, 4) is 11.5 Å². The summed E-state index contributed by atoms with van der Waals surface area (Å²) in [6.45, 7) is 6.39. The Morgan fingerprint density at radius 2 is 2.06 bits per heavy atom. The quantitative estimate of drug-likeness (QED) is 0.767. The molecule has 2 atom stereocenters. The molecule has 2 aromatic carbocycles. The third kappa shape index (κ3) is 4.43. The molecule has 2 aliphatic heterocycles. The molecule has 0 radical (unpaired) electrons. The van der Waals surface area contributed by atoms with Crippen molar-refractivity contribution in [3.63, 3.8) is 0 Å². The van der Waals surface area contributed by atoms with Crippen LogP contribution in [0.3, 0.4) is 0 Å². The molecule has 6 heteroatoms. The lowest BCUT2D eigenvalue weighted by Gasteiger charge is -2.32. The smallest absolute Gasteiger partial charge is 0.223 e. The van der Waals surface area contributed by atoms with Gasteiger partial charge >= 0.3 is 0 Å². The van der Waals surface area contributed by atoms with Crippen molar-refractivity contribution in [1.29, 1.82) is 0 Å². The van der Waals surface area contributed by atoms with Crippen LogP contribution in [-0.4, -0.2) is 29.4 Å². The average molecular weight is 421 g/mol. The molecule has 0 aliphatic carbocycles. The van der Waals surface area contributed by atoms with E-state index in [0.29, 0.717) is 13.2 Å². The number of carbonyl (C=O) groups excluding carboxylic acids is 2. The highest BCUT2D eigenvalue weighted by atomic mass is 16.5. The van der Waals surface area contributed by atoms with E-state index in [1.54, 1.807) is 11.1 Å². The van der Waals surface area contributed by atoms with Crippen LogP contribution in [-0.2, 0) is 22.6 Å². The molecule has 162 valence electrons. The number of carbonyl (C=O) groups is 2. The van der Waals surface area contributed by atoms with Crippen LogP contribution in [0.4, 0.5) is 0 Å². The minimum atomic E-state index is -0.325. The predicted octanol–water partition coefficient (Wildman–Crippen LogP) is 3.99. The maximum Gasteiger partial charge on any atom is 0.223 e. The Morgan fingerprint density at radius 3 is 2.84 bits per heavy atom. The molecule has 2 amide bonds. The van der Waals surface area contributed by atoms with Gasteiger partial charge in [-0.1, -0.05) is 24.3 Å². The van der Waals surface area contributed by atoms with Crippen LogP contribution in [0.5, 0.6) is 11.5 Å². The minimum absolute atomic E-state index is 0.0907. The summed E-state index contributed by atoms with van der Waals surface area (Å²) >= 11 is 0. The zero-order chi connectivity index (χ0) is 22.0. The van der Waals surface area contributed by atoms with Gasteiger partial charge in [-0.15, -0.1) is 0 Å². The van der Waals surface area contributed by atoms with Gasteiger partial charge in [0.15, 0.2) is 0 Å². The Balaban J connectivity index is 1.49. The number of nitrogens with zero attached hydrogens (tertiary/aromatic N) is 1. The topological polar surface area (TPSA) is 67.9 Å². The number of nitrogens with one attached hydrogen (secondary N) is 1. The van der Waals surface area contributed by atoms with Crippen molar-refractivity contribution in [2.45, 2.75) is 52.3 Å². The maximum absolute atomic E-state index is 12.9. The lowest BCUT2D eigenvalue weighted by molar-refractivity contribution is -0.130. The van der Waals surface area contributed by atoms with E-state index in [2.05, 4.69) is 5.32 Å². The Labute approximate surface area is 182 Å². The van der Waals surface area contributed by atoms with E-state index in [0.717, 1.165) is 40.2 Å². The molecule has 0 aromatic heterocycles. The SMILES string of the molecule is CCOc1cc2c(cc1CNC(=O)C[C@H]1c3ccccc3C=CN1C(C)=O)O[C@H](C)C2. The van der Waals surface area contributed by atoms with Gasteiger partial charge in [-0.25, -0.2) is 0 Å². The van der Waals surface area contributed by atoms with Crippen molar-refractivity contribution in [2.24, 2.45) is 0 Å². The number of hydrogen-bond acceptors (Lipinski definition) is 4. The lowest BCUT2D eigenvalue weighted by Crippen LogP contribution is -2.35. The first kappa shape index (κ1) is 21.0. The molecule has 0 unspecified atom stereocenters. The van der Waals surface area contributed by atoms with Gasteiger partial charge < -0.3 is 19.7 Å². The zero-order valence-electron chi connectivity index (χ0n) is 18.2. The molecule has 2 aromatic rings. The largest absolute Gasteiger partial charge is 0.494 e. The predicted molar refractivity (Wildman–Crippen MR) is 119 cm³/mol. The zero-order valence-corrected chi connectivity index (χ0v) is 18.2. The Kier molecular flexibility index (Phi) is 5.98. The molecule has 0 fully saturated rings. The molecular formula is C25H28N2O4. The van der Waals surface area contributed by atoms with E-state index in [1.165, 1.54) is 6.92 Å². The first-order chi connectivity index (χ1) is 15.0. The van der Waals surface area contributed by atoms with Gasteiger partial charge in [0.1, 0.15) is 17.6 Å². The molecule has 4 rings (SSSR count). The fourth-order valence-corrected chi connectivity index (χ4v) is 4.26. The van der Waals surface area contributed by atoms with Gasteiger partial charge in [0.2, 0.25) is 11.8 Å². The normalized spacial score (nSPS) is 18.7. The van der Waals surface area contributed by atoms with E-state index in [4.69, 9.17) is 9.47 Å². The summed E-state index contributed by atoms with van der Waals surface area (Å²) < 4.78 is 11.7. The second kappa shape index (κ2) is 8.84. The highest BCUT2D eigenvalue weighted by Gasteiger charge is 2.28. The first-order valence-electron chi connectivity index (χ1n) is 10.7. The summed E-state index contributed by atoms with van der Waals surface area (Å²) in [5, 5.41) is 3.00. The monoisotopic (exact) mass is 420 g/mol. The fourth-order valence-electron chi connectivity index (χ4n) is 4.26. The number of fused-ring (bicyclic) bond motifs is 2. The molecule has 0 bridgehead atoms. The summed E-state index contributed by atoms with van der Waals surface area (Å²) in [5.74, 6) is 1.41. The van der Waals surface area contributed by atoms with Crippen molar-refractivity contribution < 1.29 is 19.1 Å². The van der Waals surface area contributed by atoms with E-state index in [1.807, 2.05) is 56.3 Å². The molecular weight excluding hydrogens is 392 g/mol. The van der Waals surface area contributed by atoms with Gasteiger partial charge in [-0.3, -0.25) is 9.59 Å². The van der Waals surface area contributed by atoms with Gasteiger partial charge in [0.05, 0.1) is 19.1 Å². The van der Waals surface area contributed by atoms with Crippen LogP contribution in [0.1, 0.15) is 55.5 Å². The van der Waals surface area contributed by atoms with Crippen LogP contribution in [0.2, 0.25) is 0 Å². The molecule has 2 aliphatic rings. The van der Waals surface area contributed by atoms with Crippen molar-refractivity contribution in [1.82, 2.24) is 10.2 Å². The molecule has 31 heavy (non-hydrogen) atoms. The Morgan fingerprint density at radius 1 is 1.26 bits per heavy atom. The first-order valence-corrected chi connectivity index (χ1v) is 10.7. The molecule has 0 saturated carbocycles. The lowest BCUT2D eigenvalue weighted by atomic mass is 9.93. The fraction of sp³-hybridized carbons (Fsp3) is 0.360. The van der Waals surface area contributed by atoms with Gasteiger partial charge in [-0.05, 0) is 43.2 Å². The summed E-state index contributed by atoms with van der Waals surface area (Å²) in [4.78, 5) is 26.6. The van der Waals surface area contributed by atoms with E-state index in [-0.39, 0.29) is 30.4 Å². The van der Waals surface area contributed by atoms with Crippen LogP contribution >= 0.6 is 0 Å². The molecule has 0 spiro atoms. The van der Waals surface area contributed by atoms with Crippen molar-refractivity contribution in [3.05, 3.63) is 64.9 Å². The summed E-state index contributed by atoms with van der Waals surface area (Å²) in [6, 6.07) is 11.5. The standard InChI is InChI=1S/C25H28N2O4/c1-4-30-23-12-19-11-16(2)31-24(19)13-20(23)15-26-25(29)14-22-21-8-6-5-7-18(21)9-10-27(22)17(3)28/h5-10,12-13,16,22H,4,11,14-15H2,1-3H3,(H,26,29)/t16-,22+/m1/s1. The highest BCUT2D eigenvalue weighted by Crippen LogP contribution is 2.36. The Bertz CT molecular complexity index is 1030. The second-order valence-corrected chi connectivity index (χ2v) is 8.00. The highest BCUT2D eigenvalue weighted by molar-refractivity contribution is 5.81. The van der Waals surface area contributed by atoms with E-state index < -0.39 is 0 Å². The molecule has 1 N–H and O–H groups in total. The number of rotatable bonds is 6. The number of benzene rings is 2. The van der Waals surface area contributed by atoms with Gasteiger partial charge in [-0.2, -0.15) is 0 Å².